The van der Waals surface area contributed by atoms with Gasteiger partial charge in [0.1, 0.15) is 17.1 Å². The van der Waals surface area contributed by atoms with Crippen molar-refractivity contribution in [2.24, 2.45) is 0 Å². The number of hydrogen-bond donors (Lipinski definition) is 1. The summed E-state index contributed by atoms with van der Waals surface area (Å²) in [6.07, 6.45) is 1.49. The number of methoxy groups -OCH3 is 2. The van der Waals surface area contributed by atoms with Crippen LogP contribution < -0.4 is 19.7 Å². The summed E-state index contributed by atoms with van der Waals surface area (Å²) in [4.78, 5) is 26.7. The molecule has 0 spiro atoms. The van der Waals surface area contributed by atoms with Gasteiger partial charge in [0.25, 0.3) is 11.8 Å². The summed E-state index contributed by atoms with van der Waals surface area (Å²) in [7, 11) is 3.05. The van der Waals surface area contributed by atoms with Gasteiger partial charge >= 0.3 is 0 Å². The first-order valence-corrected chi connectivity index (χ1v) is 8.55. The standard InChI is InChI=1S/C20H18N2O4S/c1-12-4-7-14(8-5-12)22-19(24)16(18(23)21-20(22)27)10-13-6-9-15(25-2)11-17(13)26-3/h4-11H,1-3H3,(H,21,23,27)/b16-10-. The smallest absolute Gasteiger partial charge is 0.270 e. The predicted octanol–water partition coefficient (Wildman–Crippen LogP) is 2.84. The largest absolute Gasteiger partial charge is 0.497 e. The van der Waals surface area contributed by atoms with Crippen LogP contribution in [0.3, 0.4) is 0 Å². The van der Waals surface area contributed by atoms with Gasteiger partial charge in [-0.25, -0.2) is 0 Å². The summed E-state index contributed by atoms with van der Waals surface area (Å²) in [6.45, 7) is 1.95. The lowest BCUT2D eigenvalue weighted by Crippen LogP contribution is -2.54. The Morgan fingerprint density at radius 2 is 1.74 bits per heavy atom. The van der Waals surface area contributed by atoms with E-state index in [1.807, 2.05) is 19.1 Å². The van der Waals surface area contributed by atoms with Gasteiger partial charge in [0.15, 0.2) is 5.11 Å². The van der Waals surface area contributed by atoms with Gasteiger partial charge in [-0.1, -0.05) is 17.7 Å². The molecule has 0 radical (unpaired) electrons. The first kappa shape index (κ1) is 18.6. The summed E-state index contributed by atoms with van der Waals surface area (Å²) in [5, 5.41) is 2.62. The topological polar surface area (TPSA) is 67.9 Å². The molecule has 27 heavy (non-hydrogen) atoms. The lowest BCUT2D eigenvalue weighted by atomic mass is 10.1. The van der Waals surface area contributed by atoms with E-state index in [9.17, 15) is 9.59 Å². The second-order valence-electron chi connectivity index (χ2n) is 5.90. The molecule has 0 aliphatic carbocycles. The highest BCUT2D eigenvalue weighted by Gasteiger charge is 2.34. The highest BCUT2D eigenvalue weighted by Crippen LogP contribution is 2.28. The Hall–Kier alpha value is -3.19. The summed E-state index contributed by atoms with van der Waals surface area (Å²) < 4.78 is 10.5. The highest BCUT2D eigenvalue weighted by atomic mass is 32.1. The number of carbonyl (C=O) groups excluding carboxylic acids is 2. The lowest BCUT2D eigenvalue weighted by molar-refractivity contribution is -0.122. The summed E-state index contributed by atoms with van der Waals surface area (Å²) in [5.74, 6) is 0.0464. The molecule has 0 atom stereocenters. The number of amides is 2. The number of nitrogens with zero attached hydrogens (tertiary/aromatic N) is 1. The fraction of sp³-hybridized carbons (Fsp3) is 0.150. The number of rotatable bonds is 4. The van der Waals surface area contributed by atoms with E-state index >= 15 is 0 Å². The van der Waals surface area contributed by atoms with E-state index in [2.05, 4.69) is 5.32 Å². The first-order valence-electron chi connectivity index (χ1n) is 8.14. The molecular formula is C20H18N2O4S. The maximum atomic E-state index is 13.0. The Morgan fingerprint density at radius 1 is 1.04 bits per heavy atom. The molecule has 0 saturated carbocycles. The third-order valence-corrected chi connectivity index (χ3v) is 4.42. The van der Waals surface area contributed by atoms with Crippen molar-refractivity contribution in [3.05, 3.63) is 59.2 Å². The number of carbonyl (C=O) groups is 2. The minimum atomic E-state index is -0.550. The Kier molecular flexibility index (Phi) is 5.23. The van der Waals surface area contributed by atoms with Gasteiger partial charge in [-0.2, -0.15) is 0 Å². The van der Waals surface area contributed by atoms with Crippen LogP contribution in [0.25, 0.3) is 6.08 Å². The number of hydrogen-bond acceptors (Lipinski definition) is 5. The van der Waals surface area contributed by atoms with Gasteiger partial charge < -0.3 is 9.47 Å². The summed E-state index contributed by atoms with van der Waals surface area (Å²) in [5.41, 5.74) is 2.18. The normalized spacial score (nSPS) is 15.7. The number of aryl methyl sites for hydroxylation is 1. The van der Waals surface area contributed by atoms with Crippen molar-refractivity contribution in [3.8, 4) is 11.5 Å². The second-order valence-corrected chi connectivity index (χ2v) is 6.29. The number of ether oxygens (including phenoxy) is 2. The van der Waals surface area contributed by atoms with Gasteiger partial charge in [-0.3, -0.25) is 19.8 Å². The lowest BCUT2D eigenvalue weighted by Gasteiger charge is -2.29. The van der Waals surface area contributed by atoms with Crippen LogP contribution in [0.15, 0.2) is 48.0 Å². The zero-order valence-electron chi connectivity index (χ0n) is 15.1. The third-order valence-electron chi connectivity index (χ3n) is 4.13. The fourth-order valence-electron chi connectivity index (χ4n) is 2.68. The highest BCUT2D eigenvalue weighted by molar-refractivity contribution is 7.80. The van der Waals surface area contributed by atoms with Crippen LogP contribution in [-0.4, -0.2) is 31.1 Å². The monoisotopic (exact) mass is 382 g/mol. The molecular weight excluding hydrogens is 364 g/mol. The van der Waals surface area contributed by atoms with Crippen molar-refractivity contribution in [1.29, 1.82) is 0 Å². The van der Waals surface area contributed by atoms with Gasteiger partial charge in [-0.05, 0) is 49.5 Å². The minimum absolute atomic E-state index is 0.0346. The van der Waals surface area contributed by atoms with E-state index in [0.717, 1.165) is 5.56 Å². The summed E-state index contributed by atoms with van der Waals surface area (Å²) in [6, 6.07) is 12.4. The molecule has 1 fully saturated rings. The molecule has 138 valence electrons. The van der Waals surface area contributed by atoms with Crippen molar-refractivity contribution in [3.63, 3.8) is 0 Å². The molecule has 1 heterocycles. The number of thiocarbonyl (C=S) groups is 1. The molecule has 1 aliphatic heterocycles. The van der Waals surface area contributed by atoms with Crippen molar-refractivity contribution >= 4 is 40.9 Å². The second kappa shape index (κ2) is 7.59. The molecule has 3 rings (SSSR count). The zero-order valence-corrected chi connectivity index (χ0v) is 15.9. The Balaban J connectivity index is 2.03. The molecule has 1 aliphatic rings. The van der Waals surface area contributed by atoms with Gasteiger partial charge in [0.05, 0.1) is 19.9 Å². The van der Waals surface area contributed by atoms with Crippen molar-refractivity contribution in [2.45, 2.75) is 6.92 Å². The van der Waals surface area contributed by atoms with Crippen molar-refractivity contribution < 1.29 is 19.1 Å². The predicted molar refractivity (Wildman–Crippen MR) is 107 cm³/mol. The maximum absolute atomic E-state index is 13.0. The molecule has 6 nitrogen and oxygen atoms in total. The van der Waals surface area contributed by atoms with Crippen LogP contribution in [0.5, 0.6) is 11.5 Å². The molecule has 0 bridgehead atoms. The quantitative estimate of drug-likeness (QED) is 0.500. The number of nitrogens with one attached hydrogen (secondary N) is 1. The van der Waals surface area contributed by atoms with Crippen molar-refractivity contribution in [1.82, 2.24) is 5.32 Å². The Morgan fingerprint density at radius 3 is 2.37 bits per heavy atom. The summed E-state index contributed by atoms with van der Waals surface area (Å²) >= 11 is 5.20. The molecule has 1 saturated heterocycles. The Labute approximate surface area is 162 Å². The maximum Gasteiger partial charge on any atom is 0.270 e. The molecule has 0 aromatic heterocycles. The van der Waals surface area contributed by atoms with Crippen LogP contribution in [0.1, 0.15) is 11.1 Å². The van der Waals surface area contributed by atoms with Crippen LogP contribution in [0.4, 0.5) is 5.69 Å². The van der Waals surface area contributed by atoms with Gasteiger partial charge in [0.2, 0.25) is 0 Å². The third kappa shape index (κ3) is 3.68. The number of benzene rings is 2. The average molecular weight is 382 g/mol. The van der Waals surface area contributed by atoms with Crippen LogP contribution >= 0.6 is 12.2 Å². The van der Waals surface area contributed by atoms with Crippen molar-refractivity contribution in [2.75, 3.05) is 19.1 Å². The van der Waals surface area contributed by atoms with Crippen LogP contribution in [0.2, 0.25) is 0 Å². The Bertz CT molecular complexity index is 951. The number of anilines is 1. The van der Waals surface area contributed by atoms with Gasteiger partial charge in [0, 0.05) is 11.6 Å². The first-order chi connectivity index (χ1) is 12.9. The zero-order chi connectivity index (χ0) is 19.6. The molecule has 7 heteroatoms. The van der Waals surface area contributed by atoms with Crippen LogP contribution in [0, 0.1) is 6.92 Å². The van der Waals surface area contributed by atoms with E-state index in [-0.39, 0.29) is 10.7 Å². The SMILES string of the molecule is COc1ccc(/C=C2/C(=O)NC(=S)N(c3ccc(C)cc3)C2=O)c(OC)c1. The minimum Gasteiger partial charge on any atom is -0.497 e. The van der Waals surface area contributed by atoms with E-state index in [4.69, 9.17) is 21.7 Å². The molecule has 1 N–H and O–H groups in total. The van der Waals surface area contributed by atoms with Gasteiger partial charge in [-0.15, -0.1) is 0 Å². The van der Waals surface area contributed by atoms with E-state index in [1.165, 1.54) is 18.1 Å². The average Bonchev–Trinajstić information content (AvgIpc) is 2.66. The van der Waals surface area contributed by atoms with E-state index in [0.29, 0.717) is 22.7 Å². The molecule has 0 unspecified atom stereocenters. The molecule has 2 aromatic rings. The molecule has 2 aromatic carbocycles. The molecule has 2 amide bonds. The van der Waals surface area contributed by atoms with E-state index < -0.39 is 11.8 Å². The van der Waals surface area contributed by atoms with E-state index in [1.54, 1.807) is 37.4 Å². The van der Waals surface area contributed by atoms with Crippen LogP contribution in [-0.2, 0) is 9.59 Å². The fourth-order valence-corrected chi connectivity index (χ4v) is 2.96.